The van der Waals surface area contributed by atoms with Gasteiger partial charge in [0.2, 0.25) is 0 Å². The molecule has 0 unspecified atom stereocenters. The number of rotatable bonds is 4. The molecular formula is C22H18BIrN6. The molecule has 5 rings (SSSR count). The summed E-state index contributed by atoms with van der Waals surface area (Å²) >= 11 is 0. The van der Waals surface area contributed by atoms with E-state index in [0.717, 1.165) is 47.2 Å². The van der Waals surface area contributed by atoms with E-state index in [1.807, 2.05) is 60.9 Å². The molecule has 0 spiro atoms. The van der Waals surface area contributed by atoms with Gasteiger partial charge in [-0.3, -0.25) is 9.97 Å². The summed E-state index contributed by atoms with van der Waals surface area (Å²) in [5, 5.41) is 0. The Hall–Kier alpha value is -3.09. The number of hydrogen-bond acceptors (Lipinski definition) is 6. The van der Waals surface area contributed by atoms with Gasteiger partial charge >= 0.3 is 7.55 Å². The largest absolute Gasteiger partial charge is 0.394 e. The molecule has 0 amide bonds. The fraction of sp³-hybridized carbons (Fsp3) is 0.0909. The van der Waals surface area contributed by atoms with E-state index in [0.29, 0.717) is 0 Å². The van der Waals surface area contributed by atoms with Crippen molar-refractivity contribution < 1.29 is 20.1 Å². The van der Waals surface area contributed by atoms with E-state index in [2.05, 4.69) is 49.2 Å². The molecule has 8 heteroatoms. The van der Waals surface area contributed by atoms with Gasteiger partial charge in [0.05, 0.1) is 11.4 Å². The van der Waals surface area contributed by atoms with Crippen molar-refractivity contribution in [2.75, 3.05) is 22.7 Å². The summed E-state index contributed by atoms with van der Waals surface area (Å²) in [5.41, 5.74) is 3.99. The van der Waals surface area contributed by atoms with Gasteiger partial charge in [0.15, 0.2) is 0 Å². The van der Waals surface area contributed by atoms with E-state index < -0.39 is 0 Å². The van der Waals surface area contributed by atoms with E-state index in [9.17, 15) is 0 Å². The van der Waals surface area contributed by atoms with Crippen LogP contribution in [0.5, 0.6) is 0 Å². The Balaban J connectivity index is 0.00000218. The molecule has 0 saturated carbocycles. The molecule has 30 heavy (non-hydrogen) atoms. The predicted molar refractivity (Wildman–Crippen MR) is 115 cm³/mol. The molecule has 0 bridgehead atoms. The average Bonchev–Trinajstić information content (AvgIpc) is 3.31. The summed E-state index contributed by atoms with van der Waals surface area (Å²) in [6.45, 7) is 1.68. The fourth-order valence-corrected chi connectivity index (χ4v) is 3.38. The quantitative estimate of drug-likeness (QED) is 0.351. The first-order valence-electron chi connectivity index (χ1n) is 9.50. The van der Waals surface area contributed by atoms with Crippen LogP contribution in [0.4, 0.5) is 11.6 Å². The van der Waals surface area contributed by atoms with Crippen LogP contribution in [-0.2, 0) is 20.1 Å². The topological polar surface area (TPSA) is 58.0 Å². The van der Waals surface area contributed by atoms with Gasteiger partial charge in [-0.2, -0.15) is 0 Å². The smallest absolute Gasteiger partial charge is 0.382 e. The van der Waals surface area contributed by atoms with Crippen LogP contribution in [0.2, 0.25) is 0 Å². The maximum Gasteiger partial charge on any atom is 0.394 e. The summed E-state index contributed by atoms with van der Waals surface area (Å²) in [7, 11) is 2.06. The van der Waals surface area contributed by atoms with Gasteiger partial charge < -0.3 is 9.62 Å². The number of aromatic nitrogens is 4. The Morgan fingerprint density at radius 1 is 0.600 bits per heavy atom. The van der Waals surface area contributed by atoms with Gasteiger partial charge in [-0.25, -0.2) is 9.97 Å². The van der Waals surface area contributed by atoms with Gasteiger partial charge in [-0.05, 0) is 48.5 Å². The van der Waals surface area contributed by atoms with Crippen molar-refractivity contribution in [3.63, 3.8) is 0 Å². The molecule has 0 N–H and O–H groups in total. The van der Waals surface area contributed by atoms with E-state index in [-0.39, 0.29) is 20.1 Å². The Morgan fingerprint density at radius 2 is 1.10 bits per heavy atom. The molecule has 4 aromatic rings. The minimum Gasteiger partial charge on any atom is -0.382 e. The van der Waals surface area contributed by atoms with Gasteiger partial charge in [0.1, 0.15) is 11.6 Å². The van der Waals surface area contributed by atoms with Crippen LogP contribution < -0.4 is 9.62 Å². The van der Waals surface area contributed by atoms with E-state index in [1.54, 1.807) is 12.4 Å². The Labute approximate surface area is 189 Å². The maximum absolute atomic E-state index is 4.55. The van der Waals surface area contributed by atoms with Crippen molar-refractivity contribution >= 4 is 19.2 Å². The third-order valence-electron chi connectivity index (χ3n) is 4.86. The number of nitrogens with zero attached hydrogens (tertiary/aromatic N) is 6. The SMILES string of the molecule is [B]1N(c2cc(-c3ccccn3)ccn2)CCN1c1cc(-c2ccccn2)ccn1.[Ir]. The molecule has 6 nitrogen and oxygen atoms in total. The molecule has 0 aromatic carbocycles. The van der Waals surface area contributed by atoms with Crippen LogP contribution in [0.15, 0.2) is 85.5 Å². The average molecular weight is 569 g/mol. The molecule has 1 aliphatic heterocycles. The van der Waals surface area contributed by atoms with Crippen molar-refractivity contribution in [3.8, 4) is 22.5 Å². The van der Waals surface area contributed by atoms with Gasteiger partial charge in [0, 0.05) is 69.1 Å². The van der Waals surface area contributed by atoms with Crippen LogP contribution in [0, 0.1) is 0 Å². The summed E-state index contributed by atoms with van der Waals surface area (Å²) < 4.78 is 0. The van der Waals surface area contributed by atoms with Crippen LogP contribution in [0.3, 0.4) is 0 Å². The first-order valence-corrected chi connectivity index (χ1v) is 9.50. The van der Waals surface area contributed by atoms with E-state index in [1.165, 1.54) is 0 Å². The second kappa shape index (κ2) is 9.16. The second-order valence-corrected chi connectivity index (χ2v) is 6.74. The zero-order chi connectivity index (χ0) is 19.5. The Kier molecular flexibility index (Phi) is 6.16. The molecule has 5 heterocycles. The fourth-order valence-electron chi connectivity index (χ4n) is 3.38. The normalized spacial score (nSPS) is 12.9. The first kappa shape index (κ1) is 20.2. The molecule has 2 radical (unpaired) electrons. The molecule has 1 saturated heterocycles. The van der Waals surface area contributed by atoms with E-state index >= 15 is 0 Å². The van der Waals surface area contributed by atoms with E-state index in [4.69, 9.17) is 0 Å². The molecule has 4 aromatic heterocycles. The molecule has 0 atom stereocenters. The van der Waals surface area contributed by atoms with Crippen molar-refractivity contribution in [2.45, 2.75) is 0 Å². The second-order valence-electron chi connectivity index (χ2n) is 6.74. The third-order valence-corrected chi connectivity index (χ3v) is 4.86. The summed E-state index contributed by atoms with van der Waals surface area (Å²) in [4.78, 5) is 22.3. The Morgan fingerprint density at radius 3 is 1.53 bits per heavy atom. The zero-order valence-corrected chi connectivity index (χ0v) is 18.5. The Bertz CT molecular complexity index is 1020. The molecular weight excluding hydrogens is 551 g/mol. The van der Waals surface area contributed by atoms with Crippen LogP contribution in [0.1, 0.15) is 0 Å². The molecule has 148 valence electrons. The van der Waals surface area contributed by atoms with Crippen molar-refractivity contribution in [1.82, 2.24) is 19.9 Å². The van der Waals surface area contributed by atoms with Crippen molar-refractivity contribution in [3.05, 3.63) is 85.5 Å². The van der Waals surface area contributed by atoms with Crippen molar-refractivity contribution in [1.29, 1.82) is 0 Å². The summed E-state index contributed by atoms with van der Waals surface area (Å²) in [6.07, 6.45) is 7.27. The number of hydrogen-bond donors (Lipinski definition) is 0. The molecule has 0 aliphatic carbocycles. The first-order chi connectivity index (χ1) is 14.4. The van der Waals surface area contributed by atoms with Crippen LogP contribution in [-0.4, -0.2) is 40.6 Å². The van der Waals surface area contributed by atoms with Gasteiger partial charge in [-0.1, -0.05) is 12.1 Å². The van der Waals surface area contributed by atoms with Crippen LogP contribution in [0.25, 0.3) is 22.5 Å². The summed E-state index contributed by atoms with van der Waals surface area (Å²) in [6, 6.07) is 19.9. The monoisotopic (exact) mass is 570 g/mol. The minimum absolute atomic E-state index is 0. The summed E-state index contributed by atoms with van der Waals surface area (Å²) in [5.74, 6) is 1.80. The zero-order valence-electron chi connectivity index (χ0n) is 16.1. The standard InChI is InChI=1S/C22H18BN6.Ir/c1-3-9-24-19(5-1)17-7-11-26-21(15-17)28-13-14-29(23-28)22-16-18(8-12-27-22)20-6-2-4-10-25-20;/h1-12,15-16H,13-14H2;. The number of pyridine rings is 4. The van der Waals surface area contributed by atoms with Gasteiger partial charge in [0.25, 0.3) is 0 Å². The third kappa shape index (κ3) is 4.25. The van der Waals surface area contributed by atoms with Crippen molar-refractivity contribution in [2.24, 2.45) is 0 Å². The maximum atomic E-state index is 4.55. The molecule has 1 fully saturated rings. The number of anilines is 2. The van der Waals surface area contributed by atoms with Gasteiger partial charge in [-0.15, -0.1) is 0 Å². The minimum atomic E-state index is 0. The predicted octanol–water partition coefficient (Wildman–Crippen LogP) is 3.46. The van der Waals surface area contributed by atoms with Crippen LogP contribution >= 0.6 is 0 Å². The molecule has 1 aliphatic rings.